The van der Waals surface area contributed by atoms with E-state index >= 15 is 0 Å². The summed E-state index contributed by atoms with van der Waals surface area (Å²) < 4.78 is 30.6. The highest BCUT2D eigenvalue weighted by atomic mass is 32.1. The Hall–Kier alpha value is -3.06. The van der Waals surface area contributed by atoms with E-state index in [-0.39, 0.29) is 11.6 Å². The molecule has 2 aromatic carbocycles. The van der Waals surface area contributed by atoms with Crippen LogP contribution in [-0.2, 0) is 6.42 Å². The minimum Gasteiger partial charge on any atom is -0.329 e. The first kappa shape index (κ1) is 19.3. The van der Waals surface area contributed by atoms with Gasteiger partial charge in [0, 0.05) is 17.1 Å². The molecular weight excluding hydrogens is 390 g/mol. The second-order valence-electron chi connectivity index (χ2n) is 6.86. The van der Waals surface area contributed by atoms with Crippen molar-refractivity contribution in [1.29, 1.82) is 0 Å². The van der Waals surface area contributed by atoms with Gasteiger partial charge in [-0.1, -0.05) is 13.0 Å². The Bertz CT molecular complexity index is 1180. The highest BCUT2D eigenvalue weighted by Crippen LogP contribution is 2.30. The fraction of sp³-hybridized carbons (Fsp3) is 0.182. The zero-order valence-corrected chi connectivity index (χ0v) is 17.1. The third kappa shape index (κ3) is 3.91. The number of thiazole rings is 1. The number of benzene rings is 2. The molecule has 0 saturated heterocycles. The van der Waals surface area contributed by atoms with Crippen LogP contribution < -0.4 is 5.32 Å². The molecule has 0 fully saturated rings. The summed E-state index contributed by atoms with van der Waals surface area (Å²) in [7, 11) is 0. The fourth-order valence-electron chi connectivity index (χ4n) is 3.20. The minimum absolute atomic E-state index is 0.317. The van der Waals surface area contributed by atoms with Crippen LogP contribution in [0.4, 0.5) is 19.6 Å². The van der Waals surface area contributed by atoms with E-state index in [2.05, 4.69) is 15.3 Å². The predicted molar refractivity (Wildman–Crippen MR) is 113 cm³/mol. The number of nitrogens with zero attached hydrogens (tertiary/aromatic N) is 3. The monoisotopic (exact) mass is 410 g/mol. The highest BCUT2D eigenvalue weighted by Gasteiger charge is 2.12. The van der Waals surface area contributed by atoms with Gasteiger partial charge in [0.25, 0.3) is 0 Å². The lowest BCUT2D eigenvalue weighted by molar-refractivity contribution is 0.618. The van der Waals surface area contributed by atoms with Crippen molar-refractivity contribution in [3.63, 3.8) is 0 Å². The molecule has 0 aliphatic carbocycles. The molecule has 0 aliphatic heterocycles. The van der Waals surface area contributed by atoms with Gasteiger partial charge in [-0.25, -0.2) is 18.7 Å². The molecule has 0 radical (unpaired) electrons. The van der Waals surface area contributed by atoms with Crippen LogP contribution in [0.5, 0.6) is 0 Å². The second kappa shape index (κ2) is 7.75. The van der Waals surface area contributed by atoms with E-state index in [1.165, 1.54) is 23.5 Å². The van der Waals surface area contributed by atoms with Gasteiger partial charge in [-0.05, 0) is 55.7 Å². The molecule has 7 heteroatoms. The smallest absolute Gasteiger partial charge is 0.187 e. The van der Waals surface area contributed by atoms with Crippen LogP contribution in [0.1, 0.15) is 23.7 Å². The fourth-order valence-corrected chi connectivity index (χ4v) is 3.93. The Labute approximate surface area is 171 Å². The molecule has 0 saturated carbocycles. The summed E-state index contributed by atoms with van der Waals surface area (Å²) in [4.78, 5) is 8.63. The summed E-state index contributed by atoms with van der Waals surface area (Å²) in [5.74, 6) is -0.679. The van der Waals surface area contributed by atoms with Crippen LogP contribution in [0, 0.1) is 25.5 Å². The lowest BCUT2D eigenvalue weighted by atomic mass is 10.1. The van der Waals surface area contributed by atoms with Gasteiger partial charge in [-0.15, -0.1) is 11.3 Å². The van der Waals surface area contributed by atoms with Crippen LogP contribution >= 0.6 is 11.3 Å². The van der Waals surface area contributed by atoms with Gasteiger partial charge in [0.2, 0.25) is 0 Å². The predicted octanol–water partition coefficient (Wildman–Crippen LogP) is 6.20. The number of anilines is 2. The first-order valence-electron chi connectivity index (χ1n) is 9.27. The van der Waals surface area contributed by atoms with Crippen molar-refractivity contribution >= 4 is 22.2 Å². The molecule has 0 unspecified atom stereocenters. The number of aryl methyl sites for hydroxylation is 3. The molecule has 1 N–H and O–H groups in total. The number of aromatic nitrogens is 3. The Morgan fingerprint density at radius 3 is 2.62 bits per heavy atom. The van der Waals surface area contributed by atoms with Crippen molar-refractivity contribution < 1.29 is 8.78 Å². The number of hydrogen-bond donors (Lipinski definition) is 1. The summed E-state index contributed by atoms with van der Waals surface area (Å²) in [6.07, 6.45) is 4.18. The summed E-state index contributed by atoms with van der Waals surface area (Å²) >= 11 is 1.35. The van der Waals surface area contributed by atoms with Crippen molar-refractivity contribution in [1.82, 2.24) is 14.5 Å². The molecule has 4 nitrogen and oxygen atoms in total. The summed E-state index contributed by atoms with van der Waals surface area (Å²) in [5, 5.41) is 5.42. The molecule has 0 atom stereocenters. The molecule has 0 bridgehead atoms. The maximum absolute atomic E-state index is 14.6. The van der Waals surface area contributed by atoms with Crippen molar-refractivity contribution in [3.8, 4) is 16.9 Å². The maximum atomic E-state index is 14.6. The normalized spacial score (nSPS) is 11.1. The van der Waals surface area contributed by atoms with Gasteiger partial charge in [0.1, 0.15) is 11.6 Å². The third-order valence-corrected chi connectivity index (χ3v) is 5.54. The molecule has 29 heavy (non-hydrogen) atoms. The van der Waals surface area contributed by atoms with Crippen LogP contribution in [0.15, 0.2) is 48.2 Å². The van der Waals surface area contributed by atoms with Crippen molar-refractivity contribution in [2.75, 3.05) is 5.32 Å². The molecule has 2 aromatic heterocycles. The standard InChI is InChI=1S/C22H20F2N4S/c1-4-15-9-19(17(23)7-13(15)2)26-22-27-20(11-29-22)16-5-6-21(18(24)8-16)28-10-14(3)25-12-28/h5-12H,4H2,1-3H3,(H,26,27). The summed E-state index contributed by atoms with van der Waals surface area (Å²) in [6, 6.07) is 8.31. The number of halogens is 2. The lowest BCUT2D eigenvalue weighted by Gasteiger charge is -2.09. The van der Waals surface area contributed by atoms with Gasteiger partial charge >= 0.3 is 0 Å². The SMILES string of the molecule is CCc1cc(Nc2nc(-c3ccc(-n4cnc(C)c4)c(F)c3)cs2)c(F)cc1C. The van der Waals surface area contributed by atoms with E-state index in [0.29, 0.717) is 27.8 Å². The van der Waals surface area contributed by atoms with Crippen molar-refractivity contribution in [3.05, 3.63) is 76.7 Å². The van der Waals surface area contributed by atoms with Crippen LogP contribution in [0.2, 0.25) is 0 Å². The number of nitrogens with one attached hydrogen (secondary N) is 1. The zero-order chi connectivity index (χ0) is 20.5. The van der Waals surface area contributed by atoms with Gasteiger partial charge in [0.05, 0.1) is 29.1 Å². The maximum Gasteiger partial charge on any atom is 0.187 e. The van der Waals surface area contributed by atoms with E-state index in [1.54, 1.807) is 23.2 Å². The summed E-state index contributed by atoms with van der Waals surface area (Å²) in [6.45, 7) is 5.79. The molecule has 2 heterocycles. The minimum atomic E-state index is -0.362. The Balaban J connectivity index is 1.59. The number of imidazole rings is 1. The van der Waals surface area contributed by atoms with Gasteiger partial charge < -0.3 is 9.88 Å². The molecule has 4 rings (SSSR count). The molecular formula is C22H20F2N4S. The first-order chi connectivity index (χ1) is 13.9. The molecule has 148 valence electrons. The average Bonchev–Trinajstić information content (AvgIpc) is 3.33. The molecule has 0 amide bonds. The van der Waals surface area contributed by atoms with Crippen LogP contribution in [0.3, 0.4) is 0 Å². The van der Waals surface area contributed by atoms with E-state index in [4.69, 9.17) is 0 Å². The zero-order valence-electron chi connectivity index (χ0n) is 16.3. The average molecular weight is 410 g/mol. The van der Waals surface area contributed by atoms with Crippen molar-refractivity contribution in [2.45, 2.75) is 27.2 Å². The lowest BCUT2D eigenvalue weighted by Crippen LogP contribution is -1.98. The summed E-state index contributed by atoms with van der Waals surface area (Å²) in [5.41, 5.74) is 4.94. The highest BCUT2D eigenvalue weighted by molar-refractivity contribution is 7.14. The first-order valence-corrected chi connectivity index (χ1v) is 10.1. The number of rotatable bonds is 5. The Morgan fingerprint density at radius 2 is 1.93 bits per heavy atom. The van der Waals surface area contributed by atoms with E-state index in [9.17, 15) is 8.78 Å². The molecule has 0 aliphatic rings. The Morgan fingerprint density at radius 1 is 1.10 bits per heavy atom. The van der Waals surface area contributed by atoms with Crippen molar-refractivity contribution in [2.24, 2.45) is 0 Å². The number of hydrogen-bond acceptors (Lipinski definition) is 4. The quantitative estimate of drug-likeness (QED) is 0.426. The van der Waals surface area contributed by atoms with Gasteiger partial charge in [0.15, 0.2) is 5.13 Å². The van der Waals surface area contributed by atoms with Crippen LogP contribution in [0.25, 0.3) is 16.9 Å². The Kier molecular flexibility index (Phi) is 5.15. The molecule has 4 aromatic rings. The largest absolute Gasteiger partial charge is 0.329 e. The van der Waals surface area contributed by atoms with Crippen LogP contribution in [-0.4, -0.2) is 14.5 Å². The van der Waals surface area contributed by atoms with E-state index in [1.807, 2.05) is 38.3 Å². The second-order valence-corrected chi connectivity index (χ2v) is 7.72. The van der Waals surface area contributed by atoms with E-state index in [0.717, 1.165) is 23.2 Å². The molecule has 0 spiro atoms. The van der Waals surface area contributed by atoms with E-state index < -0.39 is 0 Å². The third-order valence-electron chi connectivity index (χ3n) is 4.79. The van der Waals surface area contributed by atoms with Gasteiger partial charge in [-0.3, -0.25) is 0 Å². The topological polar surface area (TPSA) is 42.7 Å². The van der Waals surface area contributed by atoms with Gasteiger partial charge in [-0.2, -0.15) is 0 Å².